The Morgan fingerprint density at radius 3 is 2.35 bits per heavy atom. The van der Waals surface area contributed by atoms with Gasteiger partial charge >= 0.3 is 5.97 Å². The van der Waals surface area contributed by atoms with Gasteiger partial charge in [-0.2, -0.15) is 0 Å². The molecule has 0 atom stereocenters. The van der Waals surface area contributed by atoms with Crippen molar-refractivity contribution < 1.29 is 9.90 Å². The number of halogens is 3. The van der Waals surface area contributed by atoms with Gasteiger partial charge in [-0.05, 0) is 19.1 Å². The van der Waals surface area contributed by atoms with Crippen molar-refractivity contribution >= 4 is 46.5 Å². The van der Waals surface area contributed by atoms with Crippen molar-refractivity contribution in [3.63, 3.8) is 0 Å². The lowest BCUT2D eigenvalue weighted by molar-refractivity contribution is -0.132. The quantitative estimate of drug-likeness (QED) is 0.822. The van der Waals surface area contributed by atoms with Crippen LogP contribution in [0.25, 0.3) is 0 Å². The molecular formula is C11H10Cl3NO2. The molecule has 0 saturated carbocycles. The smallest absolute Gasteiger partial charge is 0.331 e. The topological polar surface area (TPSA) is 49.3 Å². The van der Waals surface area contributed by atoms with Gasteiger partial charge in [0.1, 0.15) is 0 Å². The van der Waals surface area contributed by atoms with Gasteiger partial charge in [-0.1, -0.05) is 40.9 Å². The Bertz CT molecular complexity index is 449. The maximum atomic E-state index is 10.6. The second-order valence-corrected chi connectivity index (χ2v) is 4.57. The molecule has 0 fully saturated rings. The van der Waals surface area contributed by atoms with E-state index in [1.165, 1.54) is 13.0 Å². The predicted octanol–water partition coefficient (Wildman–Crippen LogP) is 4.09. The number of hydrogen-bond acceptors (Lipinski definition) is 2. The molecule has 0 heterocycles. The fourth-order valence-electron chi connectivity index (χ4n) is 1.10. The van der Waals surface area contributed by atoms with Gasteiger partial charge in [0, 0.05) is 17.1 Å². The second-order valence-electron chi connectivity index (χ2n) is 3.32. The number of carbonyl (C=O) groups is 1. The molecule has 0 aliphatic heterocycles. The minimum absolute atomic E-state index is 0.249. The van der Waals surface area contributed by atoms with Crippen LogP contribution >= 0.6 is 34.8 Å². The third kappa shape index (κ3) is 4.11. The molecule has 0 spiro atoms. The van der Waals surface area contributed by atoms with Gasteiger partial charge in [-0.3, -0.25) is 0 Å². The van der Waals surface area contributed by atoms with Gasteiger partial charge in [0.25, 0.3) is 0 Å². The number of anilines is 1. The first kappa shape index (κ1) is 14.2. The molecule has 1 rings (SSSR count). The highest BCUT2D eigenvalue weighted by molar-refractivity contribution is 6.41. The number of hydrogen-bond donors (Lipinski definition) is 2. The fraction of sp³-hybridized carbons (Fsp3) is 0.182. The van der Waals surface area contributed by atoms with Crippen LogP contribution in [0.1, 0.15) is 6.92 Å². The van der Waals surface area contributed by atoms with E-state index in [2.05, 4.69) is 5.32 Å². The average Bonchev–Trinajstić information content (AvgIpc) is 2.21. The van der Waals surface area contributed by atoms with Crippen LogP contribution in [-0.2, 0) is 4.79 Å². The van der Waals surface area contributed by atoms with Crippen LogP contribution in [0.5, 0.6) is 0 Å². The zero-order valence-corrected chi connectivity index (χ0v) is 11.2. The molecule has 17 heavy (non-hydrogen) atoms. The van der Waals surface area contributed by atoms with Gasteiger partial charge in [0.15, 0.2) is 0 Å². The fourth-order valence-corrected chi connectivity index (χ4v) is 2.06. The van der Waals surface area contributed by atoms with E-state index < -0.39 is 5.97 Å². The molecule has 0 radical (unpaired) electrons. The lowest BCUT2D eigenvalue weighted by atomic mass is 10.2. The molecular weight excluding hydrogens is 284 g/mol. The maximum absolute atomic E-state index is 10.6. The summed E-state index contributed by atoms with van der Waals surface area (Å²) in [5, 5.41) is 12.8. The van der Waals surface area contributed by atoms with Crippen LogP contribution in [0, 0.1) is 0 Å². The first-order valence-electron chi connectivity index (χ1n) is 4.70. The van der Waals surface area contributed by atoms with Crippen molar-refractivity contribution in [2.24, 2.45) is 0 Å². The highest BCUT2D eigenvalue weighted by Gasteiger charge is 2.06. The highest BCUT2D eigenvalue weighted by atomic mass is 35.5. The maximum Gasteiger partial charge on any atom is 0.331 e. The summed E-state index contributed by atoms with van der Waals surface area (Å²) in [6, 6.07) is 3.12. The van der Waals surface area contributed by atoms with Crippen LogP contribution < -0.4 is 5.32 Å². The molecule has 1 aromatic rings. The first-order valence-corrected chi connectivity index (χ1v) is 5.83. The monoisotopic (exact) mass is 293 g/mol. The molecule has 0 aliphatic rings. The summed E-state index contributed by atoms with van der Waals surface area (Å²) in [6.07, 6.45) is 1.53. The molecule has 3 nitrogen and oxygen atoms in total. The van der Waals surface area contributed by atoms with E-state index in [-0.39, 0.29) is 5.57 Å². The Balaban J connectivity index is 2.77. The Labute approximate surface area is 114 Å². The molecule has 0 amide bonds. The van der Waals surface area contributed by atoms with E-state index in [0.29, 0.717) is 27.3 Å². The first-order chi connectivity index (χ1) is 7.91. The Hall–Kier alpha value is -0.900. The summed E-state index contributed by atoms with van der Waals surface area (Å²) in [7, 11) is 0. The van der Waals surface area contributed by atoms with Gasteiger partial charge < -0.3 is 10.4 Å². The minimum atomic E-state index is -0.958. The van der Waals surface area contributed by atoms with Crippen LogP contribution in [-0.4, -0.2) is 17.6 Å². The van der Waals surface area contributed by atoms with E-state index >= 15 is 0 Å². The van der Waals surface area contributed by atoms with Gasteiger partial charge in [0.2, 0.25) is 0 Å². The minimum Gasteiger partial charge on any atom is -0.478 e. The standard InChI is InChI=1S/C11H10Cl3NO2/c1-6(11(16)17)2-3-15-10-8(13)4-7(12)5-9(10)14/h2,4-5,15H,3H2,1H3,(H,16,17). The van der Waals surface area contributed by atoms with Crippen molar-refractivity contribution in [1.29, 1.82) is 0 Å². The molecule has 6 heteroatoms. The molecule has 0 bridgehead atoms. The normalized spacial score (nSPS) is 11.4. The summed E-state index contributed by atoms with van der Waals surface area (Å²) in [4.78, 5) is 10.6. The highest BCUT2D eigenvalue weighted by Crippen LogP contribution is 2.33. The van der Waals surface area contributed by atoms with Crippen LogP contribution in [0.15, 0.2) is 23.8 Å². The van der Waals surface area contributed by atoms with Gasteiger partial charge in [-0.25, -0.2) is 4.79 Å². The van der Waals surface area contributed by atoms with Gasteiger partial charge in [0.05, 0.1) is 15.7 Å². The summed E-state index contributed by atoms with van der Waals surface area (Å²) in [5.74, 6) is -0.958. The molecule has 2 N–H and O–H groups in total. The van der Waals surface area contributed by atoms with Crippen molar-refractivity contribution in [3.05, 3.63) is 38.8 Å². The Morgan fingerprint density at radius 2 is 1.88 bits per heavy atom. The molecule has 1 aromatic carbocycles. The average molecular weight is 295 g/mol. The molecule has 92 valence electrons. The lowest BCUT2D eigenvalue weighted by Crippen LogP contribution is -2.03. The summed E-state index contributed by atoms with van der Waals surface area (Å²) >= 11 is 17.7. The summed E-state index contributed by atoms with van der Waals surface area (Å²) in [5.41, 5.74) is 0.783. The van der Waals surface area contributed by atoms with Crippen molar-refractivity contribution in [1.82, 2.24) is 0 Å². The van der Waals surface area contributed by atoms with Crippen molar-refractivity contribution in [3.8, 4) is 0 Å². The Morgan fingerprint density at radius 1 is 1.35 bits per heavy atom. The molecule has 0 saturated heterocycles. The number of benzene rings is 1. The molecule has 0 unspecified atom stereocenters. The van der Waals surface area contributed by atoms with Crippen molar-refractivity contribution in [2.75, 3.05) is 11.9 Å². The molecule has 0 aliphatic carbocycles. The number of carboxylic acids is 1. The van der Waals surface area contributed by atoms with E-state index in [4.69, 9.17) is 39.9 Å². The van der Waals surface area contributed by atoms with E-state index in [9.17, 15) is 4.79 Å². The summed E-state index contributed by atoms with van der Waals surface area (Å²) < 4.78 is 0. The van der Waals surface area contributed by atoms with E-state index in [0.717, 1.165) is 0 Å². The Kier molecular flexibility index (Phi) is 5.12. The van der Waals surface area contributed by atoms with Gasteiger partial charge in [-0.15, -0.1) is 0 Å². The number of carboxylic acid groups (broad SMARTS) is 1. The largest absolute Gasteiger partial charge is 0.478 e. The number of nitrogens with one attached hydrogen (secondary N) is 1. The SMILES string of the molecule is CC(=CCNc1c(Cl)cc(Cl)cc1Cl)C(=O)O. The predicted molar refractivity (Wildman–Crippen MR) is 71.4 cm³/mol. The van der Waals surface area contributed by atoms with Crippen LogP contribution in [0.3, 0.4) is 0 Å². The van der Waals surface area contributed by atoms with Crippen LogP contribution in [0.4, 0.5) is 5.69 Å². The molecule has 0 aromatic heterocycles. The number of aliphatic carboxylic acids is 1. The second kappa shape index (κ2) is 6.15. The zero-order chi connectivity index (χ0) is 13.0. The van der Waals surface area contributed by atoms with Crippen LogP contribution in [0.2, 0.25) is 15.1 Å². The summed E-state index contributed by atoms with van der Waals surface area (Å²) in [6.45, 7) is 1.83. The third-order valence-corrected chi connectivity index (χ3v) is 2.85. The van der Waals surface area contributed by atoms with E-state index in [1.807, 2.05) is 0 Å². The third-order valence-electron chi connectivity index (χ3n) is 2.03. The lowest BCUT2D eigenvalue weighted by Gasteiger charge is -2.09. The van der Waals surface area contributed by atoms with Crippen molar-refractivity contribution in [2.45, 2.75) is 6.92 Å². The van der Waals surface area contributed by atoms with E-state index in [1.54, 1.807) is 12.1 Å². The number of rotatable bonds is 4. The zero-order valence-electron chi connectivity index (χ0n) is 8.93.